The Bertz CT molecular complexity index is 543. The van der Waals surface area contributed by atoms with Gasteiger partial charge in [-0.2, -0.15) is 4.57 Å². The zero-order valence-corrected chi connectivity index (χ0v) is 15.8. The Morgan fingerprint density at radius 1 is 1.50 bits per heavy atom. The molecule has 5 nitrogen and oxygen atoms in total. The van der Waals surface area contributed by atoms with E-state index in [1.165, 1.54) is 5.56 Å². The fourth-order valence-electron chi connectivity index (χ4n) is 3.18. The predicted octanol–water partition coefficient (Wildman–Crippen LogP) is -0.494. The lowest BCUT2D eigenvalue weighted by Crippen LogP contribution is -3.00. The van der Waals surface area contributed by atoms with Gasteiger partial charge in [0.25, 0.3) is 6.73 Å². The van der Waals surface area contributed by atoms with Gasteiger partial charge >= 0.3 is 6.09 Å². The lowest BCUT2D eigenvalue weighted by molar-refractivity contribution is -0.727. The minimum absolute atomic E-state index is 0. The lowest BCUT2D eigenvalue weighted by Gasteiger charge is -2.32. The van der Waals surface area contributed by atoms with Crippen molar-refractivity contribution in [2.45, 2.75) is 65.3 Å². The SMILES string of the molecule is CC(C)Cc1ccc[n+](COC(=O)N2CCC[C@H]2C(C)(C)O)c1.[Cl-]. The van der Waals surface area contributed by atoms with Crippen molar-refractivity contribution < 1.29 is 31.6 Å². The van der Waals surface area contributed by atoms with Crippen LogP contribution in [0.4, 0.5) is 4.79 Å². The summed E-state index contributed by atoms with van der Waals surface area (Å²) >= 11 is 0. The molecule has 24 heavy (non-hydrogen) atoms. The lowest BCUT2D eigenvalue weighted by atomic mass is 9.97. The van der Waals surface area contributed by atoms with Crippen LogP contribution in [0.5, 0.6) is 0 Å². The van der Waals surface area contributed by atoms with Crippen molar-refractivity contribution in [2.75, 3.05) is 6.54 Å². The maximum atomic E-state index is 12.3. The van der Waals surface area contributed by atoms with Gasteiger partial charge in [0.1, 0.15) is 0 Å². The van der Waals surface area contributed by atoms with E-state index in [0.717, 1.165) is 19.3 Å². The molecule has 2 heterocycles. The molecule has 1 N–H and O–H groups in total. The molecule has 6 heteroatoms. The van der Waals surface area contributed by atoms with Crippen LogP contribution in [0.3, 0.4) is 0 Å². The average Bonchev–Trinajstić information content (AvgIpc) is 2.94. The Morgan fingerprint density at radius 3 is 2.83 bits per heavy atom. The number of aliphatic hydroxyl groups is 1. The summed E-state index contributed by atoms with van der Waals surface area (Å²) in [5.74, 6) is 0.588. The zero-order valence-electron chi connectivity index (χ0n) is 15.0. The van der Waals surface area contributed by atoms with E-state index in [4.69, 9.17) is 4.74 Å². The third-order valence-electron chi connectivity index (χ3n) is 4.20. The molecule has 1 fully saturated rings. The molecule has 1 atom stereocenters. The monoisotopic (exact) mass is 356 g/mol. The van der Waals surface area contributed by atoms with Gasteiger partial charge in [-0.3, -0.25) is 0 Å². The van der Waals surface area contributed by atoms with Gasteiger partial charge in [-0.05, 0) is 45.1 Å². The molecule has 1 aliphatic heterocycles. The number of hydrogen-bond donors (Lipinski definition) is 1. The number of amides is 1. The van der Waals surface area contributed by atoms with Crippen molar-refractivity contribution in [3.8, 4) is 0 Å². The first-order valence-corrected chi connectivity index (χ1v) is 8.41. The molecule has 1 aromatic rings. The topological polar surface area (TPSA) is 53.7 Å². The van der Waals surface area contributed by atoms with Crippen molar-refractivity contribution >= 4 is 6.09 Å². The number of likely N-dealkylation sites (tertiary alicyclic amines) is 1. The number of hydrogen-bond acceptors (Lipinski definition) is 3. The average molecular weight is 357 g/mol. The van der Waals surface area contributed by atoms with Crippen molar-refractivity contribution in [1.29, 1.82) is 0 Å². The molecule has 0 aliphatic carbocycles. The number of ether oxygens (including phenoxy) is 1. The highest BCUT2D eigenvalue weighted by molar-refractivity contribution is 5.68. The number of carbonyl (C=O) groups is 1. The first kappa shape index (κ1) is 20.7. The zero-order chi connectivity index (χ0) is 17.0. The molecule has 0 bridgehead atoms. The Hall–Kier alpha value is -1.33. The van der Waals surface area contributed by atoms with Gasteiger partial charge < -0.3 is 27.2 Å². The number of carbonyl (C=O) groups excluding carboxylic acids is 1. The number of nitrogens with zero attached hydrogens (tertiary/aromatic N) is 2. The highest BCUT2D eigenvalue weighted by Gasteiger charge is 2.39. The standard InChI is InChI=1S/C18H29N2O3.ClH/c1-14(2)11-15-7-5-9-19(12-15)13-23-17(21)20-10-6-8-16(20)18(3,4)22;/h5,7,9,12,14,16,22H,6,8,10-11,13H2,1-4H3;1H/q+1;/p-1/t16-;/m0./s1. The van der Waals surface area contributed by atoms with E-state index in [-0.39, 0.29) is 31.3 Å². The van der Waals surface area contributed by atoms with Gasteiger partial charge in [0.15, 0.2) is 12.4 Å². The molecule has 1 amide bonds. The Morgan fingerprint density at radius 2 is 2.21 bits per heavy atom. The fourth-order valence-corrected chi connectivity index (χ4v) is 3.18. The molecule has 0 radical (unpaired) electrons. The predicted molar refractivity (Wildman–Crippen MR) is 87.7 cm³/mol. The van der Waals surface area contributed by atoms with Crippen LogP contribution in [0.25, 0.3) is 0 Å². The summed E-state index contributed by atoms with van der Waals surface area (Å²) in [7, 11) is 0. The minimum Gasteiger partial charge on any atom is -1.00 e. The Kier molecular flexibility index (Phi) is 7.49. The third-order valence-corrected chi connectivity index (χ3v) is 4.20. The highest BCUT2D eigenvalue weighted by Crippen LogP contribution is 2.27. The summed E-state index contributed by atoms with van der Waals surface area (Å²) < 4.78 is 7.32. The van der Waals surface area contributed by atoms with Gasteiger partial charge in [0.05, 0.1) is 11.6 Å². The maximum absolute atomic E-state index is 12.3. The summed E-state index contributed by atoms with van der Waals surface area (Å²) in [6.45, 7) is 8.69. The molecular formula is C18H29ClN2O3. The van der Waals surface area contributed by atoms with Gasteiger partial charge in [-0.15, -0.1) is 0 Å². The van der Waals surface area contributed by atoms with Crippen LogP contribution < -0.4 is 17.0 Å². The van der Waals surface area contributed by atoms with Crippen LogP contribution in [0.15, 0.2) is 24.5 Å². The number of halogens is 1. The number of pyridine rings is 1. The quantitative estimate of drug-likeness (QED) is 0.724. The van der Waals surface area contributed by atoms with Crippen LogP contribution in [0.1, 0.15) is 46.1 Å². The molecule has 0 saturated carbocycles. The largest absolute Gasteiger partial charge is 1.00 e. The van der Waals surface area contributed by atoms with Gasteiger partial charge in [0, 0.05) is 18.2 Å². The van der Waals surface area contributed by atoms with Gasteiger partial charge in [-0.1, -0.05) is 13.8 Å². The maximum Gasteiger partial charge on any atom is 0.414 e. The second kappa shape index (κ2) is 8.67. The molecule has 1 aliphatic rings. The van der Waals surface area contributed by atoms with Crippen molar-refractivity contribution in [3.63, 3.8) is 0 Å². The summed E-state index contributed by atoms with van der Waals surface area (Å²) in [4.78, 5) is 14.0. The summed E-state index contributed by atoms with van der Waals surface area (Å²) in [5, 5.41) is 10.2. The molecular weight excluding hydrogens is 328 g/mol. The third kappa shape index (κ3) is 5.64. The van der Waals surface area contributed by atoms with E-state index in [2.05, 4.69) is 19.9 Å². The molecule has 1 saturated heterocycles. The van der Waals surface area contributed by atoms with Crippen LogP contribution in [-0.2, 0) is 17.9 Å². The molecule has 0 unspecified atom stereocenters. The normalized spacial score (nSPS) is 17.8. The van der Waals surface area contributed by atoms with Crippen LogP contribution in [0, 0.1) is 5.92 Å². The fraction of sp³-hybridized carbons (Fsp3) is 0.667. The van der Waals surface area contributed by atoms with Crippen molar-refractivity contribution in [1.82, 2.24) is 4.90 Å². The Balaban J connectivity index is 0.00000288. The van der Waals surface area contributed by atoms with Crippen LogP contribution >= 0.6 is 0 Å². The van der Waals surface area contributed by atoms with Crippen LogP contribution in [-0.4, -0.2) is 34.3 Å². The Labute approximate surface area is 151 Å². The van der Waals surface area contributed by atoms with E-state index < -0.39 is 5.60 Å². The van der Waals surface area contributed by atoms with Crippen molar-refractivity contribution in [2.24, 2.45) is 5.92 Å². The second-order valence-electron chi connectivity index (χ2n) is 7.37. The first-order chi connectivity index (χ1) is 10.8. The van der Waals surface area contributed by atoms with E-state index in [1.807, 2.05) is 23.0 Å². The first-order valence-electron chi connectivity index (χ1n) is 8.41. The summed E-state index contributed by atoms with van der Waals surface area (Å²) in [6.07, 6.45) is 6.29. The molecule has 0 spiro atoms. The van der Waals surface area contributed by atoms with Gasteiger partial charge in [0.2, 0.25) is 0 Å². The van der Waals surface area contributed by atoms with E-state index in [9.17, 15) is 9.90 Å². The van der Waals surface area contributed by atoms with E-state index in [0.29, 0.717) is 12.5 Å². The summed E-state index contributed by atoms with van der Waals surface area (Å²) in [5.41, 5.74) is 0.328. The van der Waals surface area contributed by atoms with E-state index in [1.54, 1.807) is 18.7 Å². The van der Waals surface area contributed by atoms with Crippen molar-refractivity contribution in [3.05, 3.63) is 30.1 Å². The highest BCUT2D eigenvalue weighted by atomic mass is 35.5. The number of aromatic nitrogens is 1. The molecule has 136 valence electrons. The molecule has 1 aromatic heterocycles. The molecule has 0 aromatic carbocycles. The smallest absolute Gasteiger partial charge is 0.414 e. The van der Waals surface area contributed by atoms with Crippen LogP contribution in [0.2, 0.25) is 0 Å². The van der Waals surface area contributed by atoms with E-state index >= 15 is 0 Å². The summed E-state index contributed by atoms with van der Waals surface area (Å²) in [6, 6.07) is 3.89. The van der Waals surface area contributed by atoms with Gasteiger partial charge in [-0.25, -0.2) is 4.79 Å². The minimum atomic E-state index is -0.903. The number of rotatable bonds is 5. The molecule has 2 rings (SSSR count). The second-order valence-corrected chi connectivity index (χ2v) is 7.37.